The maximum Gasteiger partial charge on any atom is 0.341 e. The molecule has 0 atom stereocenters. The Hall–Kier alpha value is -3.73. The quantitative estimate of drug-likeness (QED) is 0.433. The number of benzene rings is 2. The van der Waals surface area contributed by atoms with Crippen LogP contribution in [0.4, 0.5) is 17.1 Å². The van der Waals surface area contributed by atoms with E-state index in [2.05, 4.69) is 10.1 Å². The predicted molar refractivity (Wildman–Crippen MR) is 97.0 cm³/mol. The van der Waals surface area contributed by atoms with E-state index in [9.17, 15) is 29.8 Å². The third-order valence-electron chi connectivity index (χ3n) is 3.53. The molecule has 28 heavy (non-hydrogen) atoms. The van der Waals surface area contributed by atoms with Crippen molar-refractivity contribution in [3.8, 4) is 5.75 Å². The van der Waals surface area contributed by atoms with Crippen molar-refractivity contribution in [2.75, 3.05) is 19.5 Å². The number of hydrogen-bond acceptors (Lipinski definition) is 8. The molecule has 0 spiro atoms. The Bertz CT molecular complexity index is 960. The average molecular weight is 410 g/mol. The molecule has 12 heteroatoms. The maximum atomic E-state index is 12.4. The zero-order valence-corrected chi connectivity index (χ0v) is 15.2. The Labute approximate surface area is 162 Å². The number of non-ortho nitro benzene ring substituents is 2. The summed E-state index contributed by atoms with van der Waals surface area (Å²) < 4.78 is 9.67. The van der Waals surface area contributed by atoms with Gasteiger partial charge >= 0.3 is 5.97 Å². The van der Waals surface area contributed by atoms with Gasteiger partial charge in [-0.25, -0.2) is 4.79 Å². The topological polar surface area (TPSA) is 151 Å². The van der Waals surface area contributed by atoms with Crippen LogP contribution in [0.2, 0.25) is 5.02 Å². The monoisotopic (exact) mass is 409 g/mol. The molecule has 0 saturated heterocycles. The summed E-state index contributed by atoms with van der Waals surface area (Å²) in [5, 5.41) is 24.2. The molecular formula is C16H12ClN3O8. The molecule has 0 aliphatic rings. The van der Waals surface area contributed by atoms with Gasteiger partial charge in [0.25, 0.3) is 17.3 Å². The molecule has 0 radical (unpaired) electrons. The van der Waals surface area contributed by atoms with Gasteiger partial charge in [-0.3, -0.25) is 25.0 Å². The summed E-state index contributed by atoms with van der Waals surface area (Å²) in [6, 6.07) is 4.96. The van der Waals surface area contributed by atoms with Crippen molar-refractivity contribution in [2.45, 2.75) is 0 Å². The molecule has 1 N–H and O–H groups in total. The van der Waals surface area contributed by atoms with Crippen LogP contribution in [0.3, 0.4) is 0 Å². The number of esters is 1. The molecule has 1 amide bonds. The number of ether oxygens (including phenoxy) is 2. The number of anilines is 1. The average Bonchev–Trinajstić information content (AvgIpc) is 2.67. The first kappa shape index (κ1) is 20.6. The summed E-state index contributed by atoms with van der Waals surface area (Å²) in [6.07, 6.45) is 0. The van der Waals surface area contributed by atoms with E-state index in [-0.39, 0.29) is 27.6 Å². The van der Waals surface area contributed by atoms with Crippen LogP contribution in [0.5, 0.6) is 5.75 Å². The summed E-state index contributed by atoms with van der Waals surface area (Å²) in [5.74, 6) is -1.55. The molecule has 0 heterocycles. The van der Waals surface area contributed by atoms with Gasteiger partial charge in [-0.15, -0.1) is 0 Å². The Morgan fingerprint density at radius 3 is 2.04 bits per heavy atom. The van der Waals surface area contributed by atoms with Crippen LogP contribution in [-0.2, 0) is 4.74 Å². The number of nitrogens with zero attached hydrogens (tertiary/aromatic N) is 2. The zero-order chi connectivity index (χ0) is 21.0. The van der Waals surface area contributed by atoms with E-state index in [0.29, 0.717) is 0 Å². The van der Waals surface area contributed by atoms with Crippen LogP contribution in [0, 0.1) is 20.2 Å². The molecule has 0 aliphatic carbocycles. The number of amides is 1. The van der Waals surface area contributed by atoms with Gasteiger partial charge in [-0.1, -0.05) is 11.6 Å². The zero-order valence-electron chi connectivity index (χ0n) is 14.4. The molecule has 0 saturated carbocycles. The van der Waals surface area contributed by atoms with Crippen LogP contribution in [0.15, 0.2) is 30.3 Å². The van der Waals surface area contributed by atoms with Gasteiger partial charge in [0, 0.05) is 18.2 Å². The third kappa shape index (κ3) is 4.32. The van der Waals surface area contributed by atoms with E-state index in [0.717, 1.165) is 18.2 Å². The first-order valence-electron chi connectivity index (χ1n) is 7.39. The van der Waals surface area contributed by atoms with Crippen molar-refractivity contribution >= 4 is 40.5 Å². The molecule has 2 rings (SSSR count). The molecule has 2 aromatic carbocycles. The number of hydrogen-bond donors (Lipinski definition) is 1. The highest BCUT2D eigenvalue weighted by atomic mass is 35.5. The number of nitrogens with one attached hydrogen (secondary N) is 1. The lowest BCUT2D eigenvalue weighted by atomic mass is 10.1. The second-order valence-electron chi connectivity index (χ2n) is 5.23. The van der Waals surface area contributed by atoms with Crippen LogP contribution >= 0.6 is 11.6 Å². The van der Waals surface area contributed by atoms with E-state index in [1.807, 2.05) is 0 Å². The van der Waals surface area contributed by atoms with Crippen LogP contribution < -0.4 is 10.1 Å². The van der Waals surface area contributed by atoms with Crippen molar-refractivity contribution in [3.05, 3.63) is 66.7 Å². The van der Waals surface area contributed by atoms with E-state index in [4.69, 9.17) is 16.3 Å². The first-order chi connectivity index (χ1) is 13.2. The van der Waals surface area contributed by atoms with E-state index in [1.54, 1.807) is 0 Å². The second kappa shape index (κ2) is 8.31. The van der Waals surface area contributed by atoms with Gasteiger partial charge in [0.2, 0.25) is 0 Å². The van der Waals surface area contributed by atoms with Crippen molar-refractivity contribution in [2.24, 2.45) is 0 Å². The van der Waals surface area contributed by atoms with Crippen molar-refractivity contribution in [1.29, 1.82) is 0 Å². The van der Waals surface area contributed by atoms with E-state index >= 15 is 0 Å². The van der Waals surface area contributed by atoms with Gasteiger partial charge < -0.3 is 14.8 Å². The Morgan fingerprint density at radius 2 is 1.57 bits per heavy atom. The minimum absolute atomic E-state index is 0.0129. The molecule has 11 nitrogen and oxygen atoms in total. The van der Waals surface area contributed by atoms with Crippen molar-refractivity contribution in [3.63, 3.8) is 0 Å². The fraction of sp³-hybridized carbons (Fsp3) is 0.125. The maximum absolute atomic E-state index is 12.4. The largest absolute Gasteiger partial charge is 0.496 e. The fourth-order valence-corrected chi connectivity index (χ4v) is 2.43. The molecule has 0 bridgehead atoms. The molecule has 2 aromatic rings. The number of rotatable bonds is 6. The SMILES string of the molecule is COC(=O)c1cc(Cl)c(NC(=O)c2cc([N+](=O)[O-])cc([N+](=O)[O-])c2)cc1OC. The number of carbonyl (C=O) groups is 2. The molecule has 0 aromatic heterocycles. The number of carbonyl (C=O) groups excluding carboxylic acids is 2. The van der Waals surface area contributed by atoms with E-state index in [1.165, 1.54) is 26.4 Å². The highest BCUT2D eigenvalue weighted by Gasteiger charge is 2.22. The summed E-state index contributed by atoms with van der Waals surface area (Å²) >= 11 is 6.06. The molecule has 0 fully saturated rings. The number of nitro groups is 2. The van der Waals surface area contributed by atoms with Gasteiger partial charge in [-0.2, -0.15) is 0 Å². The lowest BCUT2D eigenvalue weighted by Gasteiger charge is -2.12. The molecule has 0 unspecified atom stereocenters. The highest BCUT2D eigenvalue weighted by molar-refractivity contribution is 6.34. The third-order valence-corrected chi connectivity index (χ3v) is 3.84. The summed E-state index contributed by atoms with van der Waals surface area (Å²) in [6.45, 7) is 0. The summed E-state index contributed by atoms with van der Waals surface area (Å²) in [5.41, 5.74) is -1.54. The highest BCUT2D eigenvalue weighted by Crippen LogP contribution is 2.32. The lowest BCUT2D eigenvalue weighted by molar-refractivity contribution is -0.394. The van der Waals surface area contributed by atoms with Gasteiger partial charge in [0.1, 0.15) is 11.3 Å². The van der Waals surface area contributed by atoms with E-state index < -0.39 is 33.1 Å². The standard InChI is InChI=1S/C16H12ClN3O8/c1-27-14-7-13(12(17)6-11(14)16(22)28-2)18-15(21)8-3-9(19(23)24)5-10(4-8)20(25)26/h3-7H,1-2H3,(H,18,21). The van der Waals surface area contributed by atoms with Gasteiger partial charge in [-0.05, 0) is 6.07 Å². The molecule has 0 aliphatic heterocycles. The van der Waals surface area contributed by atoms with Crippen molar-refractivity contribution < 1.29 is 28.9 Å². The Morgan fingerprint density at radius 1 is 1.00 bits per heavy atom. The van der Waals surface area contributed by atoms with Crippen LogP contribution in [-0.4, -0.2) is 35.9 Å². The second-order valence-corrected chi connectivity index (χ2v) is 5.64. The fourth-order valence-electron chi connectivity index (χ4n) is 2.22. The minimum atomic E-state index is -0.887. The van der Waals surface area contributed by atoms with Crippen LogP contribution in [0.25, 0.3) is 0 Å². The minimum Gasteiger partial charge on any atom is -0.496 e. The normalized spacial score (nSPS) is 10.1. The Balaban J connectivity index is 2.44. The van der Waals surface area contributed by atoms with Gasteiger partial charge in [0.05, 0.1) is 46.4 Å². The smallest absolute Gasteiger partial charge is 0.341 e. The van der Waals surface area contributed by atoms with Gasteiger partial charge in [0.15, 0.2) is 0 Å². The summed E-state index contributed by atoms with van der Waals surface area (Å²) in [4.78, 5) is 44.4. The number of methoxy groups -OCH3 is 2. The predicted octanol–water partition coefficient (Wildman–Crippen LogP) is 3.20. The lowest BCUT2D eigenvalue weighted by Crippen LogP contribution is -2.14. The summed E-state index contributed by atoms with van der Waals surface area (Å²) in [7, 11) is 2.45. The molecular weight excluding hydrogens is 398 g/mol. The van der Waals surface area contributed by atoms with Crippen LogP contribution in [0.1, 0.15) is 20.7 Å². The first-order valence-corrected chi connectivity index (χ1v) is 7.76. The Kier molecular flexibility index (Phi) is 6.11. The molecule has 146 valence electrons. The number of halogens is 1. The van der Waals surface area contributed by atoms with Crippen molar-refractivity contribution in [1.82, 2.24) is 0 Å². The number of nitro benzene ring substituents is 2.